The van der Waals surface area contributed by atoms with Crippen LogP contribution in [0.5, 0.6) is 0 Å². The van der Waals surface area contributed by atoms with Crippen molar-refractivity contribution in [2.45, 2.75) is 0 Å². The lowest BCUT2D eigenvalue weighted by Crippen LogP contribution is -1.92. The number of nitrogens with zero attached hydrogens (tertiary/aromatic N) is 2. The largest absolute Gasteiger partial charge is 0.215 e. The van der Waals surface area contributed by atoms with Crippen molar-refractivity contribution < 1.29 is 0 Å². The minimum absolute atomic E-state index is 0.303. The molecule has 0 aliphatic rings. The predicted octanol–water partition coefficient (Wildman–Crippen LogP) is 5.88. The number of benzene rings is 2. The van der Waals surface area contributed by atoms with Gasteiger partial charge in [0.2, 0.25) is 0 Å². The molecule has 0 fully saturated rings. The van der Waals surface area contributed by atoms with E-state index in [-0.39, 0.29) is 0 Å². The lowest BCUT2D eigenvalue weighted by Gasteiger charge is -2.06. The second-order valence-electron chi connectivity index (χ2n) is 4.39. The summed E-state index contributed by atoms with van der Waals surface area (Å²) in [7, 11) is 0. The normalized spacial score (nSPS) is 10.6. The third-order valence-corrected chi connectivity index (χ3v) is 4.78. The van der Waals surface area contributed by atoms with E-state index in [1.54, 1.807) is 0 Å². The molecule has 0 amide bonds. The van der Waals surface area contributed by atoms with Crippen LogP contribution in [0.1, 0.15) is 0 Å². The van der Waals surface area contributed by atoms with Crippen LogP contribution in [-0.2, 0) is 0 Å². The highest BCUT2D eigenvalue weighted by molar-refractivity contribution is 9.10. The first kappa shape index (κ1) is 14.5. The van der Waals surface area contributed by atoms with Crippen LogP contribution in [0.25, 0.3) is 22.5 Å². The fourth-order valence-corrected chi connectivity index (χ4v) is 2.53. The van der Waals surface area contributed by atoms with Gasteiger partial charge in [-0.15, -0.1) is 0 Å². The van der Waals surface area contributed by atoms with Crippen LogP contribution in [0.3, 0.4) is 0 Å². The van der Waals surface area contributed by atoms with Crippen LogP contribution in [0.4, 0.5) is 0 Å². The Balaban J connectivity index is 1.98. The van der Waals surface area contributed by atoms with Crippen LogP contribution in [0.15, 0.2) is 59.1 Å². The van der Waals surface area contributed by atoms with Gasteiger partial charge in [-0.2, -0.15) is 0 Å². The van der Waals surface area contributed by atoms with Crippen LogP contribution < -0.4 is 0 Å². The van der Waals surface area contributed by atoms with Crippen molar-refractivity contribution in [2.24, 2.45) is 0 Å². The van der Waals surface area contributed by atoms with Gasteiger partial charge >= 0.3 is 0 Å². The summed E-state index contributed by atoms with van der Waals surface area (Å²) in [5, 5.41) is 0.606. The first-order valence-corrected chi connectivity index (χ1v) is 7.74. The van der Waals surface area contributed by atoms with Gasteiger partial charge in [-0.05, 0) is 27.1 Å². The molecule has 0 aliphatic carbocycles. The number of hydrogen-bond donors (Lipinski definition) is 0. The van der Waals surface area contributed by atoms with Crippen molar-refractivity contribution in [2.75, 3.05) is 0 Å². The molecule has 104 valence electrons. The van der Waals surface area contributed by atoms with E-state index in [4.69, 9.17) is 23.2 Å². The summed E-state index contributed by atoms with van der Waals surface area (Å²) in [6.07, 6.45) is 0. The smallest absolute Gasteiger partial charge is 0.162 e. The first-order chi connectivity index (χ1) is 10.1. The zero-order valence-corrected chi connectivity index (χ0v) is 13.8. The predicted molar refractivity (Wildman–Crippen MR) is 90.6 cm³/mol. The molecule has 3 rings (SSSR count). The summed E-state index contributed by atoms with van der Waals surface area (Å²) in [6, 6.07) is 18.1. The highest BCUT2D eigenvalue weighted by atomic mass is 79.9. The first-order valence-electron chi connectivity index (χ1n) is 6.19. The monoisotopic (exact) mass is 378 g/mol. The van der Waals surface area contributed by atoms with Crippen molar-refractivity contribution >= 4 is 39.1 Å². The lowest BCUT2D eigenvalue weighted by molar-refractivity contribution is 1.16. The fraction of sp³-hybridized carbons (Fsp3) is 0. The van der Waals surface area contributed by atoms with E-state index >= 15 is 0 Å². The number of halogens is 3. The molecule has 0 bridgehead atoms. The molecular weight excluding hydrogens is 371 g/mol. The molecule has 21 heavy (non-hydrogen) atoms. The summed E-state index contributed by atoms with van der Waals surface area (Å²) in [5.41, 5.74) is 3.16. The number of aromatic nitrogens is 2. The van der Waals surface area contributed by atoms with Crippen molar-refractivity contribution in [1.82, 2.24) is 9.97 Å². The van der Waals surface area contributed by atoms with Gasteiger partial charge in [0.05, 0.1) is 4.47 Å². The van der Waals surface area contributed by atoms with E-state index in [0.717, 1.165) is 16.7 Å². The van der Waals surface area contributed by atoms with Gasteiger partial charge in [-0.3, -0.25) is 0 Å². The molecule has 0 N–H and O–H groups in total. The molecule has 5 heteroatoms. The molecule has 0 spiro atoms. The van der Waals surface area contributed by atoms with Crippen LogP contribution in [0.2, 0.25) is 10.3 Å². The second kappa shape index (κ2) is 6.14. The summed E-state index contributed by atoms with van der Waals surface area (Å²) in [4.78, 5) is 8.46. The lowest BCUT2D eigenvalue weighted by atomic mass is 10.0. The Labute approximate surface area is 140 Å². The van der Waals surface area contributed by atoms with Crippen LogP contribution >= 0.6 is 39.1 Å². The Kier molecular flexibility index (Phi) is 4.24. The third-order valence-electron chi connectivity index (χ3n) is 3.02. The SMILES string of the molecule is Clc1nc(-c2ccc(-c3ccccc3)cc2)nc(Cl)c1Br. The fourth-order valence-electron chi connectivity index (χ4n) is 1.97. The molecule has 0 saturated carbocycles. The van der Waals surface area contributed by atoms with Gasteiger partial charge in [-0.1, -0.05) is 77.8 Å². The Hall–Kier alpha value is -1.42. The molecule has 0 unspecified atom stereocenters. The summed E-state index contributed by atoms with van der Waals surface area (Å²) in [5.74, 6) is 0.507. The van der Waals surface area contributed by atoms with Crippen molar-refractivity contribution in [3.8, 4) is 22.5 Å². The molecule has 0 radical (unpaired) electrons. The quantitative estimate of drug-likeness (QED) is 0.519. The molecule has 2 nitrogen and oxygen atoms in total. The maximum absolute atomic E-state index is 6.01. The molecule has 2 aromatic carbocycles. The number of hydrogen-bond acceptors (Lipinski definition) is 2. The average molecular weight is 380 g/mol. The Morgan fingerprint density at radius 2 is 1.14 bits per heavy atom. The van der Waals surface area contributed by atoms with Gasteiger partial charge < -0.3 is 0 Å². The minimum Gasteiger partial charge on any atom is -0.215 e. The van der Waals surface area contributed by atoms with Crippen molar-refractivity contribution in [3.63, 3.8) is 0 Å². The van der Waals surface area contributed by atoms with Crippen molar-refractivity contribution in [1.29, 1.82) is 0 Å². The van der Waals surface area contributed by atoms with Gasteiger partial charge in [0.25, 0.3) is 0 Å². The third kappa shape index (κ3) is 3.10. The van der Waals surface area contributed by atoms with E-state index in [1.807, 2.05) is 42.5 Å². The molecule has 3 aromatic rings. The van der Waals surface area contributed by atoms with E-state index < -0.39 is 0 Å². The van der Waals surface area contributed by atoms with Gasteiger partial charge in [-0.25, -0.2) is 9.97 Å². The van der Waals surface area contributed by atoms with E-state index in [0.29, 0.717) is 20.6 Å². The molecule has 0 atom stereocenters. The van der Waals surface area contributed by atoms with E-state index in [9.17, 15) is 0 Å². The zero-order valence-electron chi connectivity index (χ0n) is 10.7. The standard InChI is InChI=1S/C16H9BrCl2N2/c17-13-14(18)20-16(21-15(13)19)12-8-6-11(7-9-12)10-4-2-1-3-5-10/h1-9H. The van der Waals surface area contributed by atoms with E-state index in [1.165, 1.54) is 0 Å². The molecule has 0 aliphatic heterocycles. The topological polar surface area (TPSA) is 25.8 Å². The van der Waals surface area contributed by atoms with Gasteiger partial charge in [0.1, 0.15) is 10.3 Å². The zero-order chi connectivity index (χ0) is 14.8. The molecule has 0 saturated heterocycles. The highest BCUT2D eigenvalue weighted by Gasteiger charge is 2.10. The van der Waals surface area contributed by atoms with Crippen LogP contribution in [0, 0.1) is 0 Å². The molecule has 1 heterocycles. The second-order valence-corrected chi connectivity index (χ2v) is 5.90. The molecule has 1 aromatic heterocycles. The van der Waals surface area contributed by atoms with Gasteiger partial charge in [0.15, 0.2) is 5.82 Å². The average Bonchev–Trinajstić information content (AvgIpc) is 2.53. The van der Waals surface area contributed by atoms with Crippen LogP contribution in [-0.4, -0.2) is 9.97 Å². The maximum Gasteiger partial charge on any atom is 0.162 e. The van der Waals surface area contributed by atoms with Crippen molar-refractivity contribution in [3.05, 3.63) is 69.4 Å². The summed E-state index contributed by atoms with van der Waals surface area (Å²) >= 11 is 15.3. The summed E-state index contributed by atoms with van der Waals surface area (Å²) < 4.78 is 0.510. The Morgan fingerprint density at radius 1 is 0.667 bits per heavy atom. The van der Waals surface area contributed by atoms with Gasteiger partial charge in [0, 0.05) is 5.56 Å². The maximum atomic E-state index is 6.01. The summed E-state index contributed by atoms with van der Waals surface area (Å²) in [6.45, 7) is 0. The van der Waals surface area contributed by atoms with E-state index in [2.05, 4.69) is 38.0 Å². The Bertz CT molecular complexity index is 751. The Morgan fingerprint density at radius 3 is 1.71 bits per heavy atom. The number of rotatable bonds is 2. The minimum atomic E-state index is 0.303. The highest BCUT2D eigenvalue weighted by Crippen LogP contribution is 2.30. The molecular formula is C16H9BrCl2N2.